The molecule has 104 valence electrons. The van der Waals surface area contributed by atoms with Gasteiger partial charge in [0.2, 0.25) is 5.78 Å². The van der Waals surface area contributed by atoms with Gasteiger partial charge in [0.1, 0.15) is 0 Å². The maximum Gasteiger partial charge on any atom is 0.339 e. The lowest BCUT2D eigenvalue weighted by Crippen LogP contribution is -2.09. The van der Waals surface area contributed by atoms with E-state index in [-0.39, 0.29) is 5.78 Å². The fraction of sp³-hybridized carbons (Fsp3) is 0.250. The zero-order chi connectivity index (χ0) is 14.7. The quantitative estimate of drug-likeness (QED) is 0.634. The number of ether oxygens (including phenoxy) is 1. The van der Waals surface area contributed by atoms with E-state index in [1.807, 2.05) is 32.0 Å². The number of carbonyl (C=O) groups is 2. The summed E-state index contributed by atoms with van der Waals surface area (Å²) in [5, 5.41) is 0. The van der Waals surface area contributed by atoms with Crippen molar-refractivity contribution in [2.24, 2.45) is 0 Å². The number of aryl methyl sites for hydroxylation is 2. The van der Waals surface area contributed by atoms with Gasteiger partial charge in [0, 0.05) is 18.3 Å². The van der Waals surface area contributed by atoms with E-state index >= 15 is 0 Å². The third-order valence-electron chi connectivity index (χ3n) is 3.28. The van der Waals surface area contributed by atoms with Gasteiger partial charge in [-0.05, 0) is 25.5 Å². The van der Waals surface area contributed by atoms with Gasteiger partial charge in [0.05, 0.1) is 18.4 Å². The molecule has 0 aliphatic rings. The van der Waals surface area contributed by atoms with Crippen molar-refractivity contribution >= 4 is 11.8 Å². The predicted molar refractivity (Wildman–Crippen MR) is 76.1 cm³/mol. The first-order valence-electron chi connectivity index (χ1n) is 6.47. The number of nitrogens with zero attached hydrogens (tertiary/aromatic N) is 1. The molecular weight excluding hydrogens is 254 g/mol. The number of aromatic nitrogens is 1. The van der Waals surface area contributed by atoms with Gasteiger partial charge in [-0.2, -0.15) is 0 Å². The van der Waals surface area contributed by atoms with Crippen molar-refractivity contribution in [1.82, 2.24) is 4.57 Å². The van der Waals surface area contributed by atoms with Crippen molar-refractivity contribution in [3.63, 3.8) is 0 Å². The molecule has 2 rings (SSSR count). The molecule has 0 saturated carbocycles. The molecule has 0 saturated heterocycles. The van der Waals surface area contributed by atoms with Gasteiger partial charge in [0.15, 0.2) is 0 Å². The standard InChI is InChI=1S/C16H17NO3/c1-4-17-10-12(16(19)20-3)9-14(17)15(18)13-8-6-5-7-11(13)2/h5-10H,4H2,1-3H3. The second-order valence-corrected chi connectivity index (χ2v) is 4.54. The van der Waals surface area contributed by atoms with E-state index in [0.717, 1.165) is 5.56 Å². The summed E-state index contributed by atoms with van der Waals surface area (Å²) in [6.07, 6.45) is 1.65. The summed E-state index contributed by atoms with van der Waals surface area (Å²) in [4.78, 5) is 24.2. The third kappa shape index (κ3) is 2.50. The van der Waals surface area contributed by atoms with Crippen LogP contribution in [0.15, 0.2) is 36.5 Å². The van der Waals surface area contributed by atoms with Crippen LogP contribution in [-0.4, -0.2) is 23.4 Å². The highest BCUT2D eigenvalue weighted by atomic mass is 16.5. The van der Waals surface area contributed by atoms with Gasteiger partial charge in [-0.3, -0.25) is 4.79 Å². The van der Waals surface area contributed by atoms with E-state index in [0.29, 0.717) is 23.4 Å². The Morgan fingerprint density at radius 2 is 1.95 bits per heavy atom. The molecule has 4 nitrogen and oxygen atoms in total. The molecule has 1 aromatic carbocycles. The number of hydrogen-bond acceptors (Lipinski definition) is 3. The maximum absolute atomic E-state index is 12.6. The smallest absolute Gasteiger partial charge is 0.339 e. The van der Waals surface area contributed by atoms with E-state index in [9.17, 15) is 9.59 Å². The van der Waals surface area contributed by atoms with Crippen LogP contribution in [0.3, 0.4) is 0 Å². The van der Waals surface area contributed by atoms with Gasteiger partial charge in [-0.25, -0.2) is 4.79 Å². The Morgan fingerprint density at radius 1 is 1.25 bits per heavy atom. The Hall–Kier alpha value is -2.36. The number of carbonyl (C=O) groups excluding carboxylic acids is 2. The van der Waals surface area contributed by atoms with Crippen molar-refractivity contribution in [3.8, 4) is 0 Å². The normalized spacial score (nSPS) is 10.3. The fourth-order valence-electron chi connectivity index (χ4n) is 2.16. The lowest BCUT2D eigenvalue weighted by molar-refractivity contribution is 0.0600. The van der Waals surface area contributed by atoms with Gasteiger partial charge >= 0.3 is 5.97 Å². The fourth-order valence-corrected chi connectivity index (χ4v) is 2.16. The van der Waals surface area contributed by atoms with E-state index in [2.05, 4.69) is 0 Å². The molecule has 1 aromatic heterocycles. The molecule has 0 bridgehead atoms. The summed E-state index contributed by atoms with van der Waals surface area (Å²) < 4.78 is 6.46. The Kier molecular flexibility index (Phi) is 4.03. The van der Waals surface area contributed by atoms with Crippen LogP contribution in [0.2, 0.25) is 0 Å². The van der Waals surface area contributed by atoms with Crippen molar-refractivity contribution in [2.75, 3.05) is 7.11 Å². The van der Waals surface area contributed by atoms with Crippen LogP contribution in [0.1, 0.15) is 38.9 Å². The van der Waals surface area contributed by atoms with Gasteiger partial charge in [0.25, 0.3) is 0 Å². The maximum atomic E-state index is 12.6. The number of methoxy groups -OCH3 is 1. The average molecular weight is 271 g/mol. The van der Waals surface area contributed by atoms with Crippen LogP contribution in [-0.2, 0) is 11.3 Å². The van der Waals surface area contributed by atoms with Crippen LogP contribution in [0.4, 0.5) is 0 Å². The molecule has 1 heterocycles. The molecule has 0 radical (unpaired) electrons. The second kappa shape index (κ2) is 5.74. The van der Waals surface area contributed by atoms with Crippen molar-refractivity contribution in [3.05, 3.63) is 58.9 Å². The van der Waals surface area contributed by atoms with Crippen molar-refractivity contribution < 1.29 is 14.3 Å². The second-order valence-electron chi connectivity index (χ2n) is 4.54. The molecule has 0 atom stereocenters. The van der Waals surface area contributed by atoms with Gasteiger partial charge in [-0.1, -0.05) is 24.3 Å². The third-order valence-corrected chi connectivity index (χ3v) is 3.28. The SMILES string of the molecule is CCn1cc(C(=O)OC)cc1C(=O)c1ccccc1C. The minimum absolute atomic E-state index is 0.0832. The molecule has 4 heteroatoms. The van der Waals surface area contributed by atoms with Gasteiger partial charge < -0.3 is 9.30 Å². The largest absolute Gasteiger partial charge is 0.465 e. The molecule has 20 heavy (non-hydrogen) atoms. The lowest BCUT2D eigenvalue weighted by Gasteiger charge is -2.07. The molecule has 0 fully saturated rings. The number of rotatable bonds is 4. The van der Waals surface area contributed by atoms with Crippen LogP contribution in [0.5, 0.6) is 0 Å². The zero-order valence-corrected chi connectivity index (χ0v) is 11.8. The molecule has 0 amide bonds. The number of ketones is 1. The predicted octanol–water partition coefficient (Wildman–Crippen LogP) is 2.83. The monoisotopic (exact) mass is 271 g/mol. The molecule has 2 aromatic rings. The summed E-state index contributed by atoms with van der Waals surface area (Å²) in [6, 6.07) is 9.01. The Bertz CT molecular complexity index is 655. The average Bonchev–Trinajstić information content (AvgIpc) is 2.90. The zero-order valence-electron chi connectivity index (χ0n) is 11.8. The minimum atomic E-state index is -0.434. The first kappa shape index (κ1) is 14.1. The highest BCUT2D eigenvalue weighted by molar-refractivity contribution is 6.10. The van der Waals surface area contributed by atoms with Crippen molar-refractivity contribution in [2.45, 2.75) is 20.4 Å². The van der Waals surface area contributed by atoms with E-state index in [1.54, 1.807) is 22.9 Å². The molecular formula is C16H17NO3. The first-order chi connectivity index (χ1) is 9.58. The molecule has 0 unspecified atom stereocenters. The summed E-state index contributed by atoms with van der Waals surface area (Å²) in [7, 11) is 1.33. The van der Waals surface area contributed by atoms with E-state index < -0.39 is 5.97 Å². The Morgan fingerprint density at radius 3 is 2.55 bits per heavy atom. The first-order valence-corrected chi connectivity index (χ1v) is 6.47. The molecule has 0 spiro atoms. The molecule has 0 aliphatic heterocycles. The highest BCUT2D eigenvalue weighted by Crippen LogP contribution is 2.17. The Balaban J connectivity index is 2.47. The Labute approximate surface area is 118 Å². The summed E-state index contributed by atoms with van der Waals surface area (Å²) in [6.45, 7) is 4.44. The van der Waals surface area contributed by atoms with Crippen LogP contribution in [0, 0.1) is 6.92 Å². The molecule has 0 N–H and O–H groups in total. The minimum Gasteiger partial charge on any atom is -0.465 e. The van der Waals surface area contributed by atoms with Crippen molar-refractivity contribution in [1.29, 1.82) is 0 Å². The van der Waals surface area contributed by atoms with E-state index in [1.165, 1.54) is 7.11 Å². The summed E-state index contributed by atoms with van der Waals surface area (Å²) >= 11 is 0. The lowest BCUT2D eigenvalue weighted by atomic mass is 10.0. The number of hydrogen-bond donors (Lipinski definition) is 0. The summed E-state index contributed by atoms with van der Waals surface area (Å²) in [5.74, 6) is -0.517. The molecule has 0 aliphatic carbocycles. The highest BCUT2D eigenvalue weighted by Gasteiger charge is 2.19. The van der Waals surface area contributed by atoms with Crippen LogP contribution >= 0.6 is 0 Å². The van der Waals surface area contributed by atoms with Crippen LogP contribution < -0.4 is 0 Å². The van der Waals surface area contributed by atoms with E-state index in [4.69, 9.17) is 4.74 Å². The topological polar surface area (TPSA) is 48.3 Å². The number of benzene rings is 1. The summed E-state index contributed by atoms with van der Waals surface area (Å²) in [5.41, 5.74) is 2.46. The van der Waals surface area contributed by atoms with Crippen LogP contribution in [0.25, 0.3) is 0 Å². The van der Waals surface area contributed by atoms with Gasteiger partial charge in [-0.15, -0.1) is 0 Å². The number of esters is 1.